The third kappa shape index (κ3) is 6.65. The fourth-order valence-corrected chi connectivity index (χ4v) is 4.59. The topological polar surface area (TPSA) is 40.5 Å². The van der Waals surface area contributed by atoms with Crippen LogP contribution in [-0.2, 0) is 11.0 Å². The highest BCUT2D eigenvalue weighted by Gasteiger charge is 2.55. The Labute approximate surface area is 187 Å². The molecule has 1 aromatic rings. The lowest BCUT2D eigenvalue weighted by atomic mass is 9.79. The minimum absolute atomic E-state index is 0.0139. The molecule has 1 aliphatic rings. The van der Waals surface area contributed by atoms with E-state index in [9.17, 15) is 18.0 Å². The molecule has 0 unspecified atom stereocenters. The van der Waals surface area contributed by atoms with Gasteiger partial charge in [0, 0.05) is 12.0 Å². The molecule has 1 aliphatic heterocycles. The summed E-state index contributed by atoms with van der Waals surface area (Å²) in [5.74, 6) is -6.05. The molecule has 2 rings (SSSR count). The number of alkyl halides is 5. The van der Waals surface area contributed by atoms with E-state index in [0.29, 0.717) is 12.8 Å². The predicted octanol–water partition coefficient (Wildman–Crippen LogP) is 7.17. The second-order valence-electron chi connectivity index (χ2n) is 10.1. The Bertz CT molecular complexity index is 755. The number of aliphatic carboxylic acids is 1. The molecule has 3 nitrogen and oxygen atoms in total. The smallest absolute Gasteiger partial charge is 0.416 e. The van der Waals surface area contributed by atoms with Gasteiger partial charge in [0.25, 0.3) is 5.92 Å². The van der Waals surface area contributed by atoms with E-state index in [1.54, 1.807) is 4.90 Å². The first-order chi connectivity index (χ1) is 14.7. The summed E-state index contributed by atoms with van der Waals surface area (Å²) in [5, 5.41) is 9.14. The van der Waals surface area contributed by atoms with Crippen molar-refractivity contribution in [2.75, 3.05) is 6.54 Å². The van der Waals surface area contributed by atoms with Gasteiger partial charge in [0.05, 0.1) is 18.0 Å². The van der Waals surface area contributed by atoms with E-state index >= 15 is 8.78 Å². The number of halogens is 5. The fourth-order valence-electron chi connectivity index (χ4n) is 4.59. The van der Waals surface area contributed by atoms with Crippen molar-refractivity contribution in [2.45, 2.75) is 90.4 Å². The van der Waals surface area contributed by atoms with Crippen molar-refractivity contribution in [1.29, 1.82) is 0 Å². The van der Waals surface area contributed by atoms with Crippen LogP contribution in [0, 0.1) is 11.3 Å². The molecular weight excluding hydrogens is 429 g/mol. The van der Waals surface area contributed by atoms with E-state index in [0.717, 1.165) is 37.1 Å². The largest absolute Gasteiger partial charge is 0.481 e. The van der Waals surface area contributed by atoms with Gasteiger partial charge in [-0.05, 0) is 55.3 Å². The van der Waals surface area contributed by atoms with Crippen LogP contribution in [0.1, 0.15) is 83.4 Å². The second-order valence-corrected chi connectivity index (χ2v) is 10.1. The van der Waals surface area contributed by atoms with E-state index < -0.39 is 42.0 Å². The van der Waals surface area contributed by atoms with Gasteiger partial charge in [0.15, 0.2) is 0 Å². The Morgan fingerprint density at radius 2 is 1.75 bits per heavy atom. The first-order valence-electron chi connectivity index (χ1n) is 11.2. The highest BCUT2D eigenvalue weighted by molar-refractivity contribution is 5.67. The standard InChI is InChI=1S/C24H34F5NO2/c1-5-6-19(11-13-22(2,3)4)30-14-12-18(15-20(31)32)23(25,26)21(30)16-7-9-17(10-8-16)24(27,28)29/h7-10,18-19,21H,5-6,11-15H2,1-4H3,(H,31,32)/t18-,19-,21+/m0/s1. The summed E-state index contributed by atoms with van der Waals surface area (Å²) in [7, 11) is 0. The number of likely N-dealkylation sites (tertiary alicyclic amines) is 1. The van der Waals surface area contributed by atoms with Gasteiger partial charge in [-0.15, -0.1) is 0 Å². The van der Waals surface area contributed by atoms with Crippen LogP contribution < -0.4 is 0 Å². The van der Waals surface area contributed by atoms with E-state index in [1.165, 1.54) is 0 Å². The average molecular weight is 464 g/mol. The third-order valence-electron chi connectivity index (χ3n) is 6.27. The lowest BCUT2D eigenvalue weighted by Gasteiger charge is -2.49. The zero-order valence-corrected chi connectivity index (χ0v) is 19.2. The number of benzene rings is 1. The Kier molecular flexibility index (Phi) is 8.35. The van der Waals surface area contributed by atoms with Gasteiger partial charge < -0.3 is 5.11 Å². The van der Waals surface area contributed by atoms with Crippen LogP contribution in [0.25, 0.3) is 0 Å². The predicted molar refractivity (Wildman–Crippen MR) is 114 cm³/mol. The maximum Gasteiger partial charge on any atom is 0.416 e. The van der Waals surface area contributed by atoms with E-state index in [2.05, 4.69) is 20.8 Å². The second kappa shape index (κ2) is 10.1. The summed E-state index contributed by atoms with van der Waals surface area (Å²) in [4.78, 5) is 12.9. The van der Waals surface area contributed by atoms with E-state index in [1.807, 2.05) is 6.92 Å². The molecule has 1 fully saturated rings. The zero-order chi connectivity index (χ0) is 24.3. The number of carbonyl (C=O) groups is 1. The molecule has 0 saturated carbocycles. The number of piperidine rings is 1. The molecule has 0 spiro atoms. The summed E-state index contributed by atoms with van der Waals surface area (Å²) in [6.07, 6.45) is -2.21. The lowest BCUT2D eigenvalue weighted by Crippen LogP contribution is -2.55. The van der Waals surface area contributed by atoms with Crippen molar-refractivity contribution in [1.82, 2.24) is 4.90 Å². The van der Waals surface area contributed by atoms with E-state index in [-0.39, 0.29) is 30.0 Å². The van der Waals surface area contributed by atoms with Crippen LogP contribution in [0.15, 0.2) is 24.3 Å². The normalized spacial score (nSPS) is 23.2. The summed E-state index contributed by atoms with van der Waals surface area (Å²) in [5.41, 5.74) is -0.790. The Morgan fingerprint density at radius 3 is 2.22 bits per heavy atom. The summed E-state index contributed by atoms with van der Waals surface area (Å²) in [6, 6.07) is 2.26. The van der Waals surface area contributed by atoms with Gasteiger partial charge in [-0.1, -0.05) is 46.2 Å². The molecule has 0 radical (unpaired) electrons. The SMILES string of the molecule is CCC[C@@H](CCC(C)(C)C)N1CC[C@@H](CC(=O)O)C(F)(F)[C@H]1c1ccc(C(F)(F)F)cc1. The zero-order valence-electron chi connectivity index (χ0n) is 19.2. The van der Waals surface area contributed by atoms with Gasteiger partial charge >= 0.3 is 12.1 Å². The van der Waals surface area contributed by atoms with Gasteiger partial charge in [-0.2, -0.15) is 13.2 Å². The molecule has 32 heavy (non-hydrogen) atoms. The fraction of sp³-hybridized carbons (Fsp3) is 0.708. The van der Waals surface area contributed by atoms with Crippen LogP contribution in [0.4, 0.5) is 22.0 Å². The first kappa shape index (κ1) is 26.6. The molecule has 0 aromatic heterocycles. The molecule has 3 atom stereocenters. The van der Waals surface area contributed by atoms with Crippen molar-refractivity contribution >= 4 is 5.97 Å². The molecular formula is C24H34F5NO2. The Balaban J connectivity index is 2.47. The van der Waals surface area contributed by atoms with Crippen molar-refractivity contribution in [3.8, 4) is 0 Å². The number of hydrogen-bond donors (Lipinski definition) is 1. The lowest BCUT2D eigenvalue weighted by molar-refractivity contribution is -0.177. The van der Waals surface area contributed by atoms with Gasteiger partial charge in [0.2, 0.25) is 0 Å². The molecule has 8 heteroatoms. The summed E-state index contributed by atoms with van der Waals surface area (Å²) in [6.45, 7) is 8.51. The number of carboxylic acids is 1. The van der Waals surface area contributed by atoms with Crippen LogP contribution >= 0.6 is 0 Å². The molecule has 1 N–H and O–H groups in total. The van der Waals surface area contributed by atoms with Crippen LogP contribution in [0.5, 0.6) is 0 Å². The Hall–Kier alpha value is -1.70. The van der Waals surface area contributed by atoms with Crippen molar-refractivity contribution in [2.24, 2.45) is 11.3 Å². The summed E-state index contributed by atoms with van der Waals surface area (Å²) < 4.78 is 70.5. The highest BCUT2D eigenvalue weighted by atomic mass is 19.4. The van der Waals surface area contributed by atoms with Crippen molar-refractivity contribution in [3.05, 3.63) is 35.4 Å². The summed E-state index contributed by atoms with van der Waals surface area (Å²) >= 11 is 0. The van der Waals surface area contributed by atoms with E-state index in [4.69, 9.17) is 5.11 Å². The quantitative estimate of drug-likeness (QED) is 0.415. The number of carboxylic acid groups (broad SMARTS) is 1. The van der Waals surface area contributed by atoms with Gasteiger partial charge in [0.1, 0.15) is 0 Å². The van der Waals surface area contributed by atoms with Crippen molar-refractivity contribution < 1.29 is 31.9 Å². The van der Waals surface area contributed by atoms with Crippen molar-refractivity contribution in [3.63, 3.8) is 0 Å². The highest BCUT2D eigenvalue weighted by Crippen LogP contribution is 2.50. The average Bonchev–Trinajstić information content (AvgIpc) is 2.65. The number of hydrogen-bond acceptors (Lipinski definition) is 2. The van der Waals surface area contributed by atoms with Gasteiger partial charge in [-0.3, -0.25) is 9.69 Å². The van der Waals surface area contributed by atoms with Crippen LogP contribution in [-0.4, -0.2) is 34.5 Å². The molecule has 1 saturated heterocycles. The molecule has 182 valence electrons. The molecule has 1 aromatic carbocycles. The Morgan fingerprint density at radius 1 is 1.16 bits per heavy atom. The van der Waals surface area contributed by atoms with Crippen LogP contribution in [0.3, 0.4) is 0 Å². The van der Waals surface area contributed by atoms with Gasteiger partial charge in [-0.25, -0.2) is 8.78 Å². The maximum absolute atomic E-state index is 15.7. The minimum atomic E-state index is -4.56. The van der Waals surface area contributed by atoms with Crippen LogP contribution in [0.2, 0.25) is 0 Å². The molecule has 1 heterocycles. The first-order valence-corrected chi connectivity index (χ1v) is 11.2. The minimum Gasteiger partial charge on any atom is -0.481 e. The monoisotopic (exact) mass is 463 g/mol. The number of nitrogens with zero attached hydrogens (tertiary/aromatic N) is 1. The molecule has 0 bridgehead atoms. The molecule has 0 aliphatic carbocycles. The molecule has 0 amide bonds. The maximum atomic E-state index is 15.7. The third-order valence-corrected chi connectivity index (χ3v) is 6.27. The number of rotatable bonds is 8.